The fourth-order valence-corrected chi connectivity index (χ4v) is 3.03. The van der Waals surface area contributed by atoms with E-state index < -0.39 is 5.60 Å². The molecule has 1 atom stereocenters. The molecule has 0 aromatic carbocycles. The van der Waals surface area contributed by atoms with Crippen molar-refractivity contribution >= 4 is 11.8 Å². The Bertz CT molecular complexity index is 557. The Labute approximate surface area is 137 Å². The van der Waals surface area contributed by atoms with E-state index in [0.717, 1.165) is 25.1 Å². The number of nitrogens with one attached hydrogen (secondary N) is 1. The van der Waals surface area contributed by atoms with Gasteiger partial charge >= 0.3 is 0 Å². The van der Waals surface area contributed by atoms with Gasteiger partial charge in [0.1, 0.15) is 0 Å². The minimum Gasteiger partial charge on any atom is -0.376 e. The van der Waals surface area contributed by atoms with Gasteiger partial charge in [0, 0.05) is 46.8 Å². The lowest BCUT2D eigenvalue weighted by atomic mass is 9.87. The number of aryl methyl sites for hydroxylation is 1. The van der Waals surface area contributed by atoms with Gasteiger partial charge < -0.3 is 15.0 Å². The van der Waals surface area contributed by atoms with Crippen LogP contribution >= 0.6 is 0 Å². The highest BCUT2D eigenvalue weighted by Crippen LogP contribution is 2.29. The van der Waals surface area contributed by atoms with Crippen LogP contribution in [0.2, 0.25) is 0 Å². The topological polar surface area (TPSA) is 76.5 Å². The first-order valence-corrected chi connectivity index (χ1v) is 8.00. The molecule has 7 nitrogen and oxygen atoms in total. The zero-order valence-electron chi connectivity index (χ0n) is 14.2. The monoisotopic (exact) mass is 322 g/mol. The lowest BCUT2D eigenvalue weighted by Crippen LogP contribution is -2.51. The normalized spacial score (nSPS) is 21.3. The first kappa shape index (κ1) is 17.5. The standard InChI is InChI=1S/C16H26N4O3/c1-13(21)20-10-4-7-16(12-20,23-3)8-5-15(22)17-11-14-6-9-18-19(14)2/h6,9H,4-5,7-8,10-12H2,1-3H3,(H,17,22)/t16-/m0/s1. The van der Waals surface area contributed by atoms with Crippen LogP contribution in [0.5, 0.6) is 0 Å². The molecule has 2 amide bonds. The number of nitrogens with zero attached hydrogens (tertiary/aromatic N) is 3. The minimum atomic E-state index is -0.409. The second-order valence-electron chi connectivity index (χ2n) is 6.15. The number of carbonyl (C=O) groups excluding carboxylic acids is 2. The second kappa shape index (κ2) is 7.59. The molecular weight excluding hydrogens is 296 g/mol. The molecule has 0 radical (unpaired) electrons. The maximum atomic E-state index is 12.1. The average molecular weight is 322 g/mol. The highest BCUT2D eigenvalue weighted by atomic mass is 16.5. The van der Waals surface area contributed by atoms with Crippen molar-refractivity contribution in [2.75, 3.05) is 20.2 Å². The first-order valence-electron chi connectivity index (χ1n) is 8.00. The van der Waals surface area contributed by atoms with E-state index in [1.165, 1.54) is 0 Å². The maximum Gasteiger partial charge on any atom is 0.220 e. The molecule has 23 heavy (non-hydrogen) atoms. The van der Waals surface area contributed by atoms with Crippen LogP contribution in [0.3, 0.4) is 0 Å². The van der Waals surface area contributed by atoms with Crippen LogP contribution in [0.4, 0.5) is 0 Å². The van der Waals surface area contributed by atoms with E-state index in [4.69, 9.17) is 4.74 Å². The van der Waals surface area contributed by atoms with Gasteiger partial charge in [0.2, 0.25) is 11.8 Å². The molecule has 1 fully saturated rings. The number of aromatic nitrogens is 2. The van der Waals surface area contributed by atoms with Gasteiger partial charge in [-0.3, -0.25) is 14.3 Å². The molecule has 1 N–H and O–H groups in total. The van der Waals surface area contributed by atoms with Crippen LogP contribution in [0, 0.1) is 0 Å². The number of hydrogen-bond donors (Lipinski definition) is 1. The number of methoxy groups -OCH3 is 1. The molecule has 0 bridgehead atoms. The fourth-order valence-electron chi connectivity index (χ4n) is 3.03. The molecule has 7 heteroatoms. The molecule has 128 valence electrons. The molecule has 1 aromatic rings. The second-order valence-corrected chi connectivity index (χ2v) is 6.15. The number of piperidine rings is 1. The van der Waals surface area contributed by atoms with Crippen molar-refractivity contribution in [3.05, 3.63) is 18.0 Å². The molecule has 0 unspecified atom stereocenters. The van der Waals surface area contributed by atoms with Crippen molar-refractivity contribution in [3.8, 4) is 0 Å². The zero-order chi connectivity index (χ0) is 16.9. The third-order valence-corrected chi connectivity index (χ3v) is 4.61. The van der Waals surface area contributed by atoms with Crippen LogP contribution < -0.4 is 5.32 Å². The van der Waals surface area contributed by atoms with Crippen LogP contribution in [0.1, 0.15) is 38.3 Å². The van der Waals surface area contributed by atoms with Crippen molar-refractivity contribution in [2.24, 2.45) is 7.05 Å². The van der Waals surface area contributed by atoms with E-state index in [1.807, 2.05) is 13.1 Å². The highest BCUT2D eigenvalue weighted by Gasteiger charge is 2.36. The third-order valence-electron chi connectivity index (χ3n) is 4.61. The van der Waals surface area contributed by atoms with Crippen LogP contribution in [-0.4, -0.2) is 52.3 Å². The van der Waals surface area contributed by atoms with E-state index in [1.54, 1.807) is 29.8 Å². The largest absolute Gasteiger partial charge is 0.376 e. The lowest BCUT2D eigenvalue weighted by molar-refractivity contribution is -0.139. The number of amides is 2. The summed E-state index contributed by atoms with van der Waals surface area (Å²) in [4.78, 5) is 25.5. The summed E-state index contributed by atoms with van der Waals surface area (Å²) in [5.74, 6) is 0.0503. The molecule has 0 saturated carbocycles. The van der Waals surface area contributed by atoms with E-state index in [2.05, 4.69) is 10.4 Å². The van der Waals surface area contributed by atoms with Crippen molar-refractivity contribution in [1.82, 2.24) is 20.0 Å². The zero-order valence-corrected chi connectivity index (χ0v) is 14.2. The fraction of sp³-hybridized carbons (Fsp3) is 0.688. The SMILES string of the molecule is CO[C@]1(CCC(=O)NCc2ccnn2C)CCCN(C(C)=O)C1. The predicted molar refractivity (Wildman–Crippen MR) is 85.5 cm³/mol. The molecule has 1 aliphatic rings. The van der Waals surface area contributed by atoms with E-state index in [9.17, 15) is 9.59 Å². The van der Waals surface area contributed by atoms with Gasteiger partial charge in [-0.25, -0.2) is 0 Å². The van der Waals surface area contributed by atoms with E-state index in [-0.39, 0.29) is 11.8 Å². The number of hydrogen-bond acceptors (Lipinski definition) is 4. The Hall–Kier alpha value is -1.89. The van der Waals surface area contributed by atoms with Crippen LogP contribution in [0.15, 0.2) is 12.3 Å². The van der Waals surface area contributed by atoms with Crippen molar-refractivity contribution in [3.63, 3.8) is 0 Å². The molecule has 1 aromatic heterocycles. The van der Waals surface area contributed by atoms with Crippen LogP contribution in [0.25, 0.3) is 0 Å². The number of carbonyl (C=O) groups is 2. The van der Waals surface area contributed by atoms with Gasteiger partial charge in [0.15, 0.2) is 0 Å². The van der Waals surface area contributed by atoms with E-state index >= 15 is 0 Å². The smallest absolute Gasteiger partial charge is 0.220 e. The molecule has 0 spiro atoms. The summed E-state index contributed by atoms with van der Waals surface area (Å²) >= 11 is 0. The molecule has 1 saturated heterocycles. The Kier molecular flexibility index (Phi) is 5.76. The van der Waals surface area contributed by atoms with Gasteiger partial charge in [0.05, 0.1) is 17.8 Å². The average Bonchev–Trinajstić information content (AvgIpc) is 2.96. The summed E-state index contributed by atoms with van der Waals surface area (Å²) in [6.07, 6.45) is 4.49. The molecular formula is C16H26N4O3. The van der Waals surface area contributed by atoms with Crippen molar-refractivity contribution in [1.29, 1.82) is 0 Å². The van der Waals surface area contributed by atoms with Gasteiger partial charge in [-0.15, -0.1) is 0 Å². The quantitative estimate of drug-likeness (QED) is 0.842. The Balaban J connectivity index is 1.83. The van der Waals surface area contributed by atoms with Gasteiger partial charge in [-0.2, -0.15) is 5.10 Å². The van der Waals surface area contributed by atoms with Crippen LogP contribution in [-0.2, 0) is 27.9 Å². The molecule has 1 aliphatic heterocycles. The summed E-state index contributed by atoms with van der Waals surface area (Å²) in [6, 6.07) is 1.88. The van der Waals surface area contributed by atoms with Gasteiger partial charge in [-0.1, -0.05) is 0 Å². The summed E-state index contributed by atoms with van der Waals surface area (Å²) in [6.45, 7) is 3.38. The summed E-state index contributed by atoms with van der Waals surface area (Å²) in [5.41, 5.74) is 0.550. The number of likely N-dealkylation sites (tertiary alicyclic amines) is 1. The summed E-state index contributed by atoms with van der Waals surface area (Å²) < 4.78 is 7.43. The van der Waals surface area contributed by atoms with Gasteiger partial charge in [-0.05, 0) is 25.3 Å². The third kappa shape index (κ3) is 4.54. The summed E-state index contributed by atoms with van der Waals surface area (Å²) in [5, 5.41) is 6.98. The van der Waals surface area contributed by atoms with Gasteiger partial charge in [0.25, 0.3) is 0 Å². The molecule has 0 aliphatic carbocycles. The Morgan fingerprint density at radius 3 is 2.87 bits per heavy atom. The Morgan fingerprint density at radius 1 is 1.48 bits per heavy atom. The first-order chi connectivity index (χ1) is 11.0. The highest BCUT2D eigenvalue weighted by molar-refractivity contribution is 5.76. The Morgan fingerprint density at radius 2 is 2.26 bits per heavy atom. The maximum absolute atomic E-state index is 12.1. The van der Waals surface area contributed by atoms with E-state index in [0.29, 0.717) is 25.9 Å². The van der Waals surface area contributed by atoms with Crippen molar-refractivity contribution in [2.45, 2.75) is 44.8 Å². The minimum absolute atomic E-state index is 0.0115. The number of rotatable bonds is 6. The number of ether oxygens (including phenoxy) is 1. The lowest BCUT2D eigenvalue weighted by Gasteiger charge is -2.41. The predicted octanol–water partition coefficient (Wildman–Crippen LogP) is 0.844. The molecule has 2 rings (SSSR count). The molecule has 2 heterocycles. The van der Waals surface area contributed by atoms with Crippen molar-refractivity contribution < 1.29 is 14.3 Å². The summed E-state index contributed by atoms with van der Waals surface area (Å²) in [7, 11) is 3.51.